The van der Waals surface area contributed by atoms with Crippen LogP contribution >= 0.6 is 0 Å². The minimum Gasteiger partial charge on any atom is -0.497 e. The minimum absolute atomic E-state index is 0.119. The van der Waals surface area contributed by atoms with Crippen LogP contribution in [-0.2, 0) is 9.53 Å². The molecule has 9 heteroatoms. The summed E-state index contributed by atoms with van der Waals surface area (Å²) in [5, 5.41) is 19.1. The molecule has 0 unspecified atom stereocenters. The first-order chi connectivity index (χ1) is 15.5. The van der Waals surface area contributed by atoms with Crippen LogP contribution in [0.15, 0.2) is 59.1 Å². The topological polar surface area (TPSA) is 117 Å². The van der Waals surface area contributed by atoms with Crippen molar-refractivity contribution in [2.24, 2.45) is 0 Å². The first kappa shape index (κ1) is 21.5. The highest BCUT2D eigenvalue weighted by molar-refractivity contribution is 5.78. The van der Waals surface area contributed by atoms with E-state index in [0.717, 1.165) is 11.1 Å². The zero-order valence-electron chi connectivity index (χ0n) is 17.8. The highest BCUT2D eigenvalue weighted by atomic mass is 16.6. The third-order valence-electron chi connectivity index (χ3n) is 5.90. The lowest BCUT2D eigenvalue weighted by Gasteiger charge is -2.23. The fourth-order valence-electron chi connectivity index (χ4n) is 4.51. The van der Waals surface area contributed by atoms with Gasteiger partial charge in [-0.15, -0.1) is 0 Å². The Morgan fingerprint density at radius 1 is 1.09 bits per heavy atom. The van der Waals surface area contributed by atoms with Crippen LogP contribution in [-0.4, -0.2) is 36.3 Å². The molecule has 1 aliphatic heterocycles. The molecule has 166 valence electrons. The van der Waals surface area contributed by atoms with E-state index in [9.17, 15) is 14.9 Å². The average Bonchev–Trinajstić information content (AvgIpc) is 3.39. The number of nitrogens with zero attached hydrogens (tertiary/aromatic N) is 2. The first-order valence-electron chi connectivity index (χ1n) is 10.1. The lowest BCUT2D eigenvalue weighted by atomic mass is 9.78. The van der Waals surface area contributed by atoms with E-state index in [2.05, 4.69) is 10.5 Å². The molecule has 1 fully saturated rings. The number of methoxy groups -OCH3 is 2. The van der Waals surface area contributed by atoms with E-state index in [1.807, 2.05) is 48.5 Å². The Bertz CT molecular complexity index is 1130. The summed E-state index contributed by atoms with van der Waals surface area (Å²) in [6.45, 7) is 1.53. The summed E-state index contributed by atoms with van der Waals surface area (Å²) in [5.41, 5.74) is 1.62. The van der Waals surface area contributed by atoms with Gasteiger partial charge < -0.3 is 14.0 Å². The van der Waals surface area contributed by atoms with Gasteiger partial charge in [-0.2, -0.15) is 0 Å². The van der Waals surface area contributed by atoms with E-state index in [1.165, 1.54) is 14.0 Å². The number of nitro groups is 1. The molecule has 0 bridgehead atoms. The van der Waals surface area contributed by atoms with Gasteiger partial charge >= 0.3 is 11.7 Å². The number of ether oxygens (including phenoxy) is 2. The van der Waals surface area contributed by atoms with Gasteiger partial charge in [0.1, 0.15) is 11.8 Å². The molecule has 32 heavy (non-hydrogen) atoms. The molecule has 4 rings (SSSR count). The number of carbonyl (C=O) groups is 1. The van der Waals surface area contributed by atoms with Crippen LogP contribution in [0.4, 0.5) is 5.69 Å². The number of hydrogen-bond acceptors (Lipinski definition) is 8. The lowest BCUT2D eigenvalue weighted by Crippen LogP contribution is -2.36. The van der Waals surface area contributed by atoms with E-state index >= 15 is 0 Å². The van der Waals surface area contributed by atoms with Crippen LogP contribution in [0, 0.1) is 17.0 Å². The van der Waals surface area contributed by atoms with E-state index in [4.69, 9.17) is 14.0 Å². The molecule has 3 aromatic rings. The van der Waals surface area contributed by atoms with Crippen molar-refractivity contribution in [1.82, 2.24) is 10.5 Å². The maximum Gasteiger partial charge on any atom is 0.334 e. The van der Waals surface area contributed by atoms with Crippen molar-refractivity contribution in [3.63, 3.8) is 0 Å². The van der Waals surface area contributed by atoms with Gasteiger partial charge in [0.25, 0.3) is 0 Å². The van der Waals surface area contributed by atoms with Crippen LogP contribution in [0.5, 0.6) is 5.75 Å². The van der Waals surface area contributed by atoms with Gasteiger partial charge in [-0.25, -0.2) is 0 Å². The molecule has 9 nitrogen and oxygen atoms in total. The Morgan fingerprint density at radius 3 is 2.47 bits per heavy atom. The second-order valence-electron chi connectivity index (χ2n) is 7.62. The second kappa shape index (κ2) is 8.80. The van der Waals surface area contributed by atoms with E-state index in [1.54, 1.807) is 13.2 Å². The fourth-order valence-corrected chi connectivity index (χ4v) is 4.51. The van der Waals surface area contributed by atoms with Crippen molar-refractivity contribution in [3.8, 4) is 5.75 Å². The zero-order chi connectivity index (χ0) is 22.8. The highest BCUT2D eigenvalue weighted by Gasteiger charge is 2.53. The number of hydrogen-bond donors (Lipinski definition) is 1. The van der Waals surface area contributed by atoms with Crippen molar-refractivity contribution in [1.29, 1.82) is 0 Å². The molecular weight excluding hydrogens is 414 g/mol. The maximum absolute atomic E-state index is 12.8. The van der Waals surface area contributed by atoms with E-state index < -0.39 is 34.8 Å². The summed E-state index contributed by atoms with van der Waals surface area (Å²) in [6.07, 6.45) is 0. The van der Waals surface area contributed by atoms with Crippen molar-refractivity contribution >= 4 is 11.7 Å². The van der Waals surface area contributed by atoms with Gasteiger partial charge in [0, 0.05) is 12.0 Å². The van der Waals surface area contributed by atoms with Crippen molar-refractivity contribution in [2.75, 3.05) is 14.2 Å². The third kappa shape index (κ3) is 3.71. The fraction of sp³-hybridized carbons (Fsp3) is 0.304. The average molecular weight is 437 g/mol. The normalized spacial score (nSPS) is 22.5. The SMILES string of the molecule is COC(=O)[C@@H]1N[C@H](c2cccc(OC)c2)[C@@H](c2onc(C)c2[N+](=O)[O-])[C@@H]1c1ccccc1. The number of rotatable bonds is 6. The first-order valence-corrected chi connectivity index (χ1v) is 10.1. The number of aromatic nitrogens is 1. The van der Waals surface area contributed by atoms with Gasteiger partial charge in [0.2, 0.25) is 5.76 Å². The molecule has 0 aliphatic carbocycles. The second-order valence-corrected chi connectivity index (χ2v) is 7.62. The smallest absolute Gasteiger partial charge is 0.334 e. The van der Waals surface area contributed by atoms with Crippen LogP contribution in [0.1, 0.15) is 40.5 Å². The Kier molecular flexibility index (Phi) is 5.91. The molecule has 4 atom stereocenters. The van der Waals surface area contributed by atoms with Gasteiger partial charge in [0.15, 0.2) is 5.69 Å². The molecule has 1 saturated heterocycles. The van der Waals surface area contributed by atoms with Gasteiger partial charge in [-0.1, -0.05) is 47.6 Å². The molecule has 0 saturated carbocycles. The molecule has 2 aromatic carbocycles. The van der Waals surface area contributed by atoms with Gasteiger partial charge in [-0.05, 0) is 30.2 Å². The van der Waals surface area contributed by atoms with Crippen LogP contribution < -0.4 is 10.1 Å². The van der Waals surface area contributed by atoms with Gasteiger partial charge in [0.05, 0.1) is 25.1 Å². The zero-order valence-corrected chi connectivity index (χ0v) is 17.8. The Hall–Kier alpha value is -3.72. The number of benzene rings is 2. The maximum atomic E-state index is 12.8. The Labute approximate surface area is 184 Å². The summed E-state index contributed by atoms with van der Waals surface area (Å²) in [4.78, 5) is 24.2. The van der Waals surface area contributed by atoms with Crippen molar-refractivity contribution in [2.45, 2.75) is 30.8 Å². The summed E-state index contributed by atoms with van der Waals surface area (Å²) >= 11 is 0. The molecule has 0 radical (unpaired) electrons. The number of carbonyl (C=O) groups excluding carboxylic acids is 1. The molecule has 0 spiro atoms. The highest BCUT2D eigenvalue weighted by Crippen LogP contribution is 2.52. The monoisotopic (exact) mass is 437 g/mol. The van der Waals surface area contributed by atoms with E-state index in [0.29, 0.717) is 5.75 Å². The largest absolute Gasteiger partial charge is 0.497 e. The number of aryl methyl sites for hydroxylation is 1. The lowest BCUT2D eigenvalue weighted by molar-refractivity contribution is -0.386. The third-order valence-corrected chi connectivity index (χ3v) is 5.90. The van der Waals surface area contributed by atoms with Crippen molar-refractivity contribution < 1.29 is 23.7 Å². The molecule has 2 heterocycles. The summed E-state index contributed by atoms with van der Waals surface area (Å²) in [7, 11) is 2.88. The predicted octanol–water partition coefficient (Wildman–Crippen LogP) is 3.65. The molecular formula is C23H23N3O6. The summed E-state index contributed by atoms with van der Waals surface area (Å²) < 4.78 is 16.0. The molecule has 0 amide bonds. The molecule has 1 aromatic heterocycles. The number of nitrogens with one attached hydrogen (secondary N) is 1. The minimum atomic E-state index is -0.756. The molecule has 1 N–H and O–H groups in total. The Morgan fingerprint density at radius 2 is 1.81 bits per heavy atom. The summed E-state index contributed by atoms with van der Waals surface area (Å²) in [5.74, 6) is -0.814. The summed E-state index contributed by atoms with van der Waals surface area (Å²) in [6, 6.07) is 15.5. The quantitative estimate of drug-likeness (QED) is 0.353. The van der Waals surface area contributed by atoms with Crippen LogP contribution in [0.25, 0.3) is 0 Å². The Balaban J connectivity index is 1.94. The standard InChI is InChI=1S/C23H23N3O6/c1-13-21(26(28)29)22(32-25-13)18-17(14-8-5-4-6-9-14)20(23(27)31-3)24-19(18)15-10-7-11-16(12-15)30-2/h4-12,17-20,24H,1-3H3/t17-,18-,19+,20+/m0/s1. The van der Waals surface area contributed by atoms with E-state index in [-0.39, 0.29) is 17.1 Å². The van der Waals surface area contributed by atoms with Crippen LogP contribution in [0.2, 0.25) is 0 Å². The number of esters is 1. The predicted molar refractivity (Wildman–Crippen MR) is 114 cm³/mol. The van der Waals surface area contributed by atoms with Gasteiger partial charge in [-0.3, -0.25) is 20.2 Å². The van der Waals surface area contributed by atoms with Crippen LogP contribution in [0.3, 0.4) is 0 Å². The van der Waals surface area contributed by atoms with Crippen molar-refractivity contribution in [3.05, 3.63) is 87.3 Å². The molecule has 1 aliphatic rings.